The van der Waals surface area contributed by atoms with Gasteiger partial charge in [0.2, 0.25) is 0 Å². The van der Waals surface area contributed by atoms with Gasteiger partial charge in [0, 0.05) is 6.42 Å². The van der Waals surface area contributed by atoms with Crippen LogP contribution in [0.1, 0.15) is 106 Å². The van der Waals surface area contributed by atoms with E-state index < -0.39 is 11.6 Å². The Balaban J connectivity index is 1.36. The van der Waals surface area contributed by atoms with Gasteiger partial charge in [-0.1, -0.05) is 20.8 Å². The fourth-order valence-electron chi connectivity index (χ4n) is 9.19. The molecule has 0 aromatic rings. The summed E-state index contributed by atoms with van der Waals surface area (Å²) in [5, 5.41) is 10.3. The number of carbonyl (C=O) groups is 2. The van der Waals surface area contributed by atoms with Gasteiger partial charge in [0.05, 0.1) is 6.10 Å². The molecule has 0 bridgehead atoms. The second kappa shape index (κ2) is 9.41. The number of aliphatic hydroxyl groups is 1. The van der Waals surface area contributed by atoms with Gasteiger partial charge in [0.1, 0.15) is 5.60 Å². The number of ether oxygens (including phenoxy) is 2. The van der Waals surface area contributed by atoms with Crippen LogP contribution in [0.2, 0.25) is 0 Å². The van der Waals surface area contributed by atoms with E-state index in [0.29, 0.717) is 29.1 Å². The molecule has 4 fully saturated rings. The molecule has 34 heavy (non-hydrogen) atoms. The van der Waals surface area contributed by atoms with Gasteiger partial charge >= 0.3 is 11.9 Å². The number of rotatable bonds is 5. The van der Waals surface area contributed by atoms with Gasteiger partial charge in [-0.25, -0.2) is 4.79 Å². The number of carbonyl (C=O) groups excluding carboxylic acids is 2. The van der Waals surface area contributed by atoms with Crippen molar-refractivity contribution in [2.45, 2.75) is 117 Å². The van der Waals surface area contributed by atoms with E-state index in [1.54, 1.807) is 0 Å². The molecule has 0 radical (unpaired) electrons. The molecule has 4 aliphatic rings. The van der Waals surface area contributed by atoms with Gasteiger partial charge in [-0.15, -0.1) is 0 Å². The summed E-state index contributed by atoms with van der Waals surface area (Å²) in [7, 11) is 0. The van der Waals surface area contributed by atoms with E-state index in [4.69, 9.17) is 9.47 Å². The van der Waals surface area contributed by atoms with Gasteiger partial charge in [0.25, 0.3) is 0 Å². The average molecular weight is 477 g/mol. The predicted molar refractivity (Wildman–Crippen MR) is 132 cm³/mol. The molecule has 0 amide bonds. The van der Waals surface area contributed by atoms with E-state index in [-0.39, 0.29) is 24.6 Å². The van der Waals surface area contributed by atoms with Crippen LogP contribution in [0.3, 0.4) is 0 Å². The van der Waals surface area contributed by atoms with Crippen molar-refractivity contribution in [2.75, 3.05) is 6.61 Å². The van der Waals surface area contributed by atoms with Crippen LogP contribution in [0.15, 0.2) is 0 Å². The highest BCUT2D eigenvalue weighted by Crippen LogP contribution is 2.68. The fourth-order valence-corrected chi connectivity index (χ4v) is 9.19. The van der Waals surface area contributed by atoms with Crippen LogP contribution in [0, 0.1) is 46.3 Å². The van der Waals surface area contributed by atoms with Crippen molar-refractivity contribution < 1.29 is 24.2 Å². The van der Waals surface area contributed by atoms with Crippen molar-refractivity contribution in [3.63, 3.8) is 0 Å². The minimum absolute atomic E-state index is 0.0877. The van der Waals surface area contributed by atoms with E-state index in [0.717, 1.165) is 30.6 Å². The van der Waals surface area contributed by atoms with Crippen LogP contribution in [0.25, 0.3) is 0 Å². The summed E-state index contributed by atoms with van der Waals surface area (Å²) in [6.07, 6.45) is 11.1. The highest BCUT2D eigenvalue weighted by molar-refractivity contribution is 5.76. The second-order valence-corrected chi connectivity index (χ2v) is 13.7. The number of esters is 2. The molecule has 2 unspecified atom stereocenters. The molecule has 194 valence electrons. The molecule has 4 aliphatic carbocycles. The maximum atomic E-state index is 12.5. The zero-order chi connectivity index (χ0) is 24.9. The fraction of sp³-hybridized carbons (Fsp3) is 0.931. The van der Waals surface area contributed by atoms with Crippen LogP contribution in [-0.2, 0) is 19.1 Å². The summed E-state index contributed by atoms with van der Waals surface area (Å²) in [6.45, 7) is 12.4. The van der Waals surface area contributed by atoms with Crippen LogP contribution >= 0.6 is 0 Å². The van der Waals surface area contributed by atoms with Crippen molar-refractivity contribution in [1.29, 1.82) is 0 Å². The number of aliphatic hydroxyl groups excluding tert-OH is 1. The molecular formula is C29H48O5. The maximum absolute atomic E-state index is 12.5. The molecule has 4 saturated carbocycles. The lowest BCUT2D eigenvalue weighted by atomic mass is 9.44. The van der Waals surface area contributed by atoms with Crippen LogP contribution in [0.4, 0.5) is 0 Å². The first kappa shape index (κ1) is 26.0. The molecule has 5 heteroatoms. The van der Waals surface area contributed by atoms with E-state index in [1.165, 1.54) is 44.9 Å². The lowest BCUT2D eigenvalue weighted by Gasteiger charge is -2.61. The maximum Gasteiger partial charge on any atom is 0.344 e. The summed E-state index contributed by atoms with van der Waals surface area (Å²) < 4.78 is 10.5. The number of hydrogen-bond donors (Lipinski definition) is 1. The van der Waals surface area contributed by atoms with Gasteiger partial charge in [0.15, 0.2) is 6.61 Å². The molecular weight excluding hydrogens is 428 g/mol. The van der Waals surface area contributed by atoms with E-state index in [2.05, 4.69) is 20.8 Å². The predicted octanol–water partition coefficient (Wildman–Crippen LogP) is 5.92. The van der Waals surface area contributed by atoms with Crippen molar-refractivity contribution in [1.82, 2.24) is 0 Å². The zero-order valence-electron chi connectivity index (χ0n) is 22.4. The lowest BCUT2D eigenvalue weighted by molar-refractivity contribution is -0.167. The molecule has 4 rings (SSSR count). The second-order valence-electron chi connectivity index (χ2n) is 13.7. The SMILES string of the molecule is C[C@H](CC(=O)OCC(=O)OC(C)(C)C)[C@H]1CC[C@H]2[C@@H]3CCC4CC(O)CC[C@]4(C)[C@H]3CC[C@]12C. The third-order valence-corrected chi connectivity index (χ3v) is 10.7. The molecule has 0 aromatic carbocycles. The summed E-state index contributed by atoms with van der Waals surface area (Å²) in [4.78, 5) is 24.5. The first-order valence-electron chi connectivity index (χ1n) is 13.9. The molecule has 0 aliphatic heterocycles. The highest BCUT2D eigenvalue weighted by atomic mass is 16.6. The minimum atomic E-state index is -0.573. The molecule has 0 saturated heterocycles. The van der Waals surface area contributed by atoms with Gasteiger partial charge in [-0.05, 0) is 125 Å². The van der Waals surface area contributed by atoms with Crippen molar-refractivity contribution in [3.05, 3.63) is 0 Å². The Kier molecular flexibility index (Phi) is 7.19. The Labute approximate surface area is 206 Å². The Morgan fingerprint density at radius 3 is 2.32 bits per heavy atom. The molecule has 1 N–H and O–H groups in total. The Bertz CT molecular complexity index is 771. The summed E-state index contributed by atoms with van der Waals surface area (Å²) in [5.74, 6) is 3.06. The Morgan fingerprint density at radius 1 is 0.941 bits per heavy atom. The standard InChI is InChI=1S/C29H48O5/c1-18(15-25(31)33-17-26(32)34-27(2,3)4)22-9-10-23-21-8-7-19-16-20(30)11-13-28(19,5)24(21)12-14-29(22,23)6/h18-24,30H,7-17H2,1-6H3/t18-,19?,20?,21+,22-,23+,24+,28+,29-/m1/s1. The molecule has 5 nitrogen and oxygen atoms in total. The van der Waals surface area contributed by atoms with E-state index in [1.807, 2.05) is 20.8 Å². The topological polar surface area (TPSA) is 72.8 Å². The normalized spacial score (nSPS) is 42.7. The lowest BCUT2D eigenvalue weighted by Crippen LogP contribution is -2.54. The van der Waals surface area contributed by atoms with Crippen molar-refractivity contribution in [2.24, 2.45) is 46.3 Å². The van der Waals surface area contributed by atoms with Crippen LogP contribution in [-0.4, -0.2) is 35.4 Å². The summed E-state index contributed by atoms with van der Waals surface area (Å²) in [5.41, 5.74) is 0.124. The minimum Gasteiger partial charge on any atom is -0.457 e. The first-order valence-corrected chi connectivity index (χ1v) is 13.9. The largest absolute Gasteiger partial charge is 0.457 e. The van der Waals surface area contributed by atoms with Gasteiger partial charge in [-0.3, -0.25) is 4.79 Å². The van der Waals surface area contributed by atoms with Gasteiger partial charge < -0.3 is 14.6 Å². The molecule has 9 atom stereocenters. The molecule has 0 heterocycles. The average Bonchev–Trinajstić information content (AvgIpc) is 3.09. The van der Waals surface area contributed by atoms with Crippen molar-refractivity contribution >= 4 is 11.9 Å². The third-order valence-electron chi connectivity index (χ3n) is 10.7. The van der Waals surface area contributed by atoms with Gasteiger partial charge in [-0.2, -0.15) is 0 Å². The number of fused-ring (bicyclic) bond motifs is 5. The third kappa shape index (κ3) is 4.92. The molecule has 0 aromatic heterocycles. The molecule has 0 spiro atoms. The monoisotopic (exact) mass is 476 g/mol. The summed E-state index contributed by atoms with van der Waals surface area (Å²) >= 11 is 0. The summed E-state index contributed by atoms with van der Waals surface area (Å²) in [6, 6.07) is 0. The van der Waals surface area contributed by atoms with E-state index >= 15 is 0 Å². The number of hydrogen-bond acceptors (Lipinski definition) is 5. The Morgan fingerprint density at radius 2 is 1.62 bits per heavy atom. The van der Waals surface area contributed by atoms with Crippen LogP contribution < -0.4 is 0 Å². The Hall–Kier alpha value is -1.10. The van der Waals surface area contributed by atoms with E-state index in [9.17, 15) is 14.7 Å². The smallest absolute Gasteiger partial charge is 0.344 e. The zero-order valence-corrected chi connectivity index (χ0v) is 22.4. The highest BCUT2D eigenvalue weighted by Gasteiger charge is 2.60. The van der Waals surface area contributed by atoms with Crippen molar-refractivity contribution in [3.8, 4) is 0 Å². The van der Waals surface area contributed by atoms with Crippen LogP contribution in [0.5, 0.6) is 0 Å². The quantitative estimate of drug-likeness (QED) is 0.499. The first-order chi connectivity index (χ1) is 15.8.